The fraction of sp³-hybridized carbons (Fsp3) is 0.500. The lowest BCUT2D eigenvalue weighted by atomic mass is 10.1. The number of nitrogens with zero attached hydrogens (tertiary/aromatic N) is 3. The number of hydrogen-bond acceptors (Lipinski definition) is 5. The lowest BCUT2D eigenvalue weighted by molar-refractivity contribution is 0.353. The van der Waals surface area contributed by atoms with Crippen LogP contribution in [0.5, 0.6) is 0 Å². The third-order valence-electron chi connectivity index (χ3n) is 2.97. The minimum Gasteiger partial charge on any atom is -0.342 e. The van der Waals surface area contributed by atoms with Crippen molar-refractivity contribution in [2.75, 3.05) is 0 Å². The molecule has 6 nitrogen and oxygen atoms in total. The lowest BCUT2D eigenvalue weighted by Crippen LogP contribution is -2.14. The molecule has 0 aliphatic heterocycles. The van der Waals surface area contributed by atoms with Crippen LogP contribution in [0.4, 0.5) is 0 Å². The Morgan fingerprint density at radius 1 is 1.44 bits per heavy atom. The Labute approximate surface area is 92.3 Å². The van der Waals surface area contributed by atoms with Crippen LogP contribution >= 0.6 is 0 Å². The van der Waals surface area contributed by atoms with Gasteiger partial charge in [0.25, 0.3) is 0 Å². The molecule has 1 aliphatic carbocycles. The second-order valence-corrected chi connectivity index (χ2v) is 4.16. The van der Waals surface area contributed by atoms with Crippen LogP contribution in [0.1, 0.15) is 31.1 Å². The molecule has 84 valence electrons. The SMILES string of the molecule is N[C@H]1CC[C@@H](c2nc(-c3ncc[nH]3)no2)C1. The van der Waals surface area contributed by atoms with Crippen LogP contribution < -0.4 is 5.73 Å². The van der Waals surface area contributed by atoms with E-state index in [1.165, 1.54) is 0 Å². The van der Waals surface area contributed by atoms with Crippen molar-refractivity contribution in [1.29, 1.82) is 0 Å². The van der Waals surface area contributed by atoms with E-state index in [1.54, 1.807) is 12.4 Å². The van der Waals surface area contributed by atoms with Crippen LogP contribution in [0.2, 0.25) is 0 Å². The zero-order chi connectivity index (χ0) is 11.0. The summed E-state index contributed by atoms with van der Waals surface area (Å²) in [7, 11) is 0. The Bertz CT molecular complexity index is 463. The van der Waals surface area contributed by atoms with Crippen LogP contribution in [0.3, 0.4) is 0 Å². The number of aromatic amines is 1. The van der Waals surface area contributed by atoms with Gasteiger partial charge in [-0.2, -0.15) is 4.98 Å². The second-order valence-electron chi connectivity index (χ2n) is 4.16. The molecule has 1 saturated carbocycles. The zero-order valence-corrected chi connectivity index (χ0v) is 8.76. The fourth-order valence-electron chi connectivity index (χ4n) is 2.13. The van der Waals surface area contributed by atoms with Crippen molar-refractivity contribution in [3.05, 3.63) is 18.3 Å². The Kier molecular flexibility index (Phi) is 2.21. The van der Waals surface area contributed by atoms with Gasteiger partial charge in [-0.25, -0.2) is 4.98 Å². The summed E-state index contributed by atoms with van der Waals surface area (Å²) in [6.45, 7) is 0. The molecule has 3 N–H and O–H groups in total. The molecule has 0 aromatic carbocycles. The van der Waals surface area contributed by atoms with E-state index in [0.29, 0.717) is 23.5 Å². The van der Waals surface area contributed by atoms with Gasteiger partial charge >= 0.3 is 0 Å². The molecule has 0 bridgehead atoms. The van der Waals surface area contributed by atoms with E-state index in [1.807, 2.05) is 0 Å². The fourth-order valence-corrected chi connectivity index (χ4v) is 2.13. The van der Waals surface area contributed by atoms with Crippen molar-refractivity contribution in [3.8, 4) is 11.6 Å². The van der Waals surface area contributed by atoms with Crippen molar-refractivity contribution in [2.24, 2.45) is 5.73 Å². The summed E-state index contributed by atoms with van der Waals surface area (Å²) in [6, 6.07) is 0.268. The van der Waals surface area contributed by atoms with E-state index in [-0.39, 0.29) is 6.04 Å². The minimum atomic E-state index is 0.268. The van der Waals surface area contributed by atoms with Crippen molar-refractivity contribution >= 4 is 0 Å². The van der Waals surface area contributed by atoms with Crippen LogP contribution in [0, 0.1) is 0 Å². The molecule has 16 heavy (non-hydrogen) atoms. The van der Waals surface area contributed by atoms with Crippen molar-refractivity contribution in [1.82, 2.24) is 20.1 Å². The average molecular weight is 219 g/mol. The summed E-state index contributed by atoms with van der Waals surface area (Å²) >= 11 is 0. The first-order valence-electron chi connectivity index (χ1n) is 5.42. The maximum absolute atomic E-state index is 5.86. The molecule has 0 spiro atoms. The number of nitrogens with one attached hydrogen (secondary N) is 1. The number of H-pyrrole nitrogens is 1. The minimum absolute atomic E-state index is 0.268. The monoisotopic (exact) mass is 219 g/mol. The molecule has 2 atom stereocenters. The zero-order valence-electron chi connectivity index (χ0n) is 8.76. The molecule has 1 fully saturated rings. The molecule has 1 aliphatic rings. The number of aromatic nitrogens is 4. The molecular weight excluding hydrogens is 206 g/mol. The Morgan fingerprint density at radius 3 is 3.06 bits per heavy atom. The van der Waals surface area contributed by atoms with E-state index < -0.39 is 0 Å². The van der Waals surface area contributed by atoms with Gasteiger partial charge < -0.3 is 15.2 Å². The summed E-state index contributed by atoms with van der Waals surface area (Å²) in [4.78, 5) is 11.4. The van der Waals surface area contributed by atoms with Gasteiger partial charge in [0, 0.05) is 24.4 Å². The highest BCUT2D eigenvalue weighted by atomic mass is 16.5. The highest BCUT2D eigenvalue weighted by Gasteiger charge is 2.28. The summed E-state index contributed by atoms with van der Waals surface area (Å²) < 4.78 is 5.24. The molecule has 2 aromatic heterocycles. The number of nitrogens with two attached hydrogens (primary N) is 1. The first-order chi connectivity index (χ1) is 7.83. The molecule has 0 saturated heterocycles. The van der Waals surface area contributed by atoms with Crippen LogP contribution in [-0.4, -0.2) is 26.2 Å². The van der Waals surface area contributed by atoms with Gasteiger partial charge in [-0.15, -0.1) is 0 Å². The summed E-state index contributed by atoms with van der Waals surface area (Å²) in [5.41, 5.74) is 5.86. The molecular formula is C10H13N5O. The molecule has 2 aromatic rings. The molecule has 0 unspecified atom stereocenters. The summed E-state index contributed by atoms with van der Waals surface area (Å²) in [5, 5.41) is 3.91. The second kappa shape index (κ2) is 3.71. The van der Waals surface area contributed by atoms with Crippen molar-refractivity contribution < 1.29 is 4.52 Å². The Balaban J connectivity index is 1.83. The van der Waals surface area contributed by atoms with Crippen LogP contribution in [0.25, 0.3) is 11.6 Å². The van der Waals surface area contributed by atoms with Gasteiger partial charge in [-0.05, 0) is 19.3 Å². The summed E-state index contributed by atoms with van der Waals surface area (Å²) in [5.74, 6) is 2.14. The van der Waals surface area contributed by atoms with Gasteiger partial charge in [-0.1, -0.05) is 5.16 Å². The van der Waals surface area contributed by atoms with E-state index in [0.717, 1.165) is 19.3 Å². The average Bonchev–Trinajstić information content (AvgIpc) is 2.97. The Hall–Kier alpha value is -1.69. The predicted molar refractivity (Wildman–Crippen MR) is 56.4 cm³/mol. The highest BCUT2D eigenvalue weighted by molar-refractivity contribution is 5.40. The third-order valence-corrected chi connectivity index (χ3v) is 2.97. The molecule has 6 heteroatoms. The van der Waals surface area contributed by atoms with E-state index >= 15 is 0 Å². The van der Waals surface area contributed by atoms with Gasteiger partial charge in [0.05, 0.1) is 0 Å². The molecule has 0 amide bonds. The van der Waals surface area contributed by atoms with Crippen molar-refractivity contribution in [2.45, 2.75) is 31.2 Å². The lowest BCUT2D eigenvalue weighted by Gasteiger charge is -2.01. The quantitative estimate of drug-likeness (QED) is 0.787. The number of rotatable bonds is 2. The normalized spacial score (nSPS) is 25.1. The van der Waals surface area contributed by atoms with Gasteiger partial charge in [0.1, 0.15) is 0 Å². The van der Waals surface area contributed by atoms with Gasteiger partial charge in [0.2, 0.25) is 11.7 Å². The molecule has 3 rings (SSSR count). The van der Waals surface area contributed by atoms with E-state index in [9.17, 15) is 0 Å². The van der Waals surface area contributed by atoms with E-state index in [2.05, 4.69) is 20.1 Å². The third kappa shape index (κ3) is 1.61. The first kappa shape index (κ1) is 9.53. The molecule has 0 radical (unpaired) electrons. The van der Waals surface area contributed by atoms with Crippen LogP contribution in [0.15, 0.2) is 16.9 Å². The standard InChI is InChI=1S/C10H13N5O/c11-7-2-1-6(5-7)10-14-9(15-16-10)8-12-3-4-13-8/h3-4,6-7H,1-2,5,11H2,(H,12,13)/t6-,7+/m1/s1. The van der Waals surface area contributed by atoms with Crippen molar-refractivity contribution in [3.63, 3.8) is 0 Å². The number of hydrogen-bond donors (Lipinski definition) is 2. The highest BCUT2D eigenvalue weighted by Crippen LogP contribution is 2.32. The number of imidazole rings is 1. The Morgan fingerprint density at radius 2 is 2.38 bits per heavy atom. The smallest absolute Gasteiger partial charge is 0.238 e. The van der Waals surface area contributed by atoms with Crippen LogP contribution in [-0.2, 0) is 0 Å². The maximum Gasteiger partial charge on any atom is 0.238 e. The molecule has 2 heterocycles. The van der Waals surface area contributed by atoms with Gasteiger partial charge in [-0.3, -0.25) is 0 Å². The van der Waals surface area contributed by atoms with Gasteiger partial charge in [0.15, 0.2) is 5.82 Å². The predicted octanol–water partition coefficient (Wildman–Crippen LogP) is 1.05. The van der Waals surface area contributed by atoms with E-state index in [4.69, 9.17) is 10.3 Å². The largest absolute Gasteiger partial charge is 0.342 e. The summed E-state index contributed by atoms with van der Waals surface area (Å²) in [6.07, 6.45) is 6.39. The first-order valence-corrected chi connectivity index (χ1v) is 5.42. The maximum atomic E-state index is 5.86. The topological polar surface area (TPSA) is 93.6 Å².